The fourth-order valence-electron chi connectivity index (χ4n) is 6.07. The number of aliphatic hydroxyl groups excluding tert-OH is 2. The van der Waals surface area contributed by atoms with Crippen molar-refractivity contribution in [2.75, 3.05) is 6.61 Å². The second-order valence-electron chi connectivity index (χ2n) is 10.3. The van der Waals surface area contributed by atoms with Crippen LogP contribution in [0.1, 0.15) is 46.5 Å². The molecule has 2 aliphatic heterocycles. The lowest BCUT2D eigenvalue weighted by Gasteiger charge is -2.45. The van der Waals surface area contributed by atoms with Crippen molar-refractivity contribution in [1.82, 2.24) is 0 Å². The lowest BCUT2D eigenvalue weighted by atomic mass is 9.78. The molecule has 4 rings (SSSR count). The van der Waals surface area contributed by atoms with Gasteiger partial charge in [-0.2, -0.15) is 0 Å². The number of hydrogen-bond acceptors (Lipinski definition) is 10. The summed E-state index contributed by atoms with van der Waals surface area (Å²) in [4.78, 5) is 35.1. The molecule has 2 aliphatic carbocycles. The van der Waals surface area contributed by atoms with Gasteiger partial charge >= 0.3 is 17.9 Å². The van der Waals surface area contributed by atoms with Crippen LogP contribution in [0.2, 0.25) is 0 Å². The number of esters is 3. The number of carbonyl (C=O) groups is 3. The summed E-state index contributed by atoms with van der Waals surface area (Å²) in [5.74, 6) is -1.73. The second-order valence-corrected chi connectivity index (χ2v) is 10.3. The Balaban J connectivity index is 1.57. The zero-order chi connectivity index (χ0) is 25.7. The van der Waals surface area contributed by atoms with E-state index in [1.807, 2.05) is 6.92 Å². The summed E-state index contributed by atoms with van der Waals surface area (Å²) in [6, 6.07) is 0. The third-order valence-corrected chi connectivity index (χ3v) is 7.91. The van der Waals surface area contributed by atoms with Gasteiger partial charge in [-0.05, 0) is 38.0 Å². The highest BCUT2D eigenvalue weighted by Gasteiger charge is 2.56. The summed E-state index contributed by atoms with van der Waals surface area (Å²) in [7, 11) is 0. The minimum absolute atomic E-state index is 0.0574. The lowest BCUT2D eigenvalue weighted by Crippen LogP contribution is -2.62. The molecule has 2 heterocycles. The van der Waals surface area contributed by atoms with E-state index in [4.69, 9.17) is 23.7 Å². The molecule has 0 spiro atoms. The van der Waals surface area contributed by atoms with E-state index in [0.717, 1.165) is 12.0 Å². The molecule has 10 unspecified atom stereocenters. The van der Waals surface area contributed by atoms with Gasteiger partial charge in [-0.3, -0.25) is 9.59 Å². The fraction of sp³-hybridized carbons (Fsp3) is 0.720. The van der Waals surface area contributed by atoms with Crippen molar-refractivity contribution < 1.29 is 48.3 Å². The smallest absolute Gasteiger partial charge is 0.334 e. The molecule has 2 saturated heterocycles. The van der Waals surface area contributed by atoms with Gasteiger partial charge in [0, 0.05) is 31.8 Å². The van der Waals surface area contributed by atoms with Crippen LogP contribution >= 0.6 is 0 Å². The Hall–Kier alpha value is -2.27. The molecule has 0 bridgehead atoms. The van der Waals surface area contributed by atoms with E-state index in [2.05, 4.69) is 13.2 Å². The maximum Gasteiger partial charge on any atom is 0.334 e. The van der Waals surface area contributed by atoms with Gasteiger partial charge in [0.15, 0.2) is 12.4 Å². The molecule has 35 heavy (non-hydrogen) atoms. The first-order valence-corrected chi connectivity index (χ1v) is 12.0. The van der Waals surface area contributed by atoms with Gasteiger partial charge in [0.1, 0.15) is 31.0 Å². The van der Waals surface area contributed by atoms with E-state index in [-0.39, 0.29) is 36.4 Å². The molecule has 0 amide bonds. The highest BCUT2D eigenvalue weighted by atomic mass is 16.7. The first-order chi connectivity index (χ1) is 16.4. The molecular weight excluding hydrogens is 460 g/mol. The van der Waals surface area contributed by atoms with Gasteiger partial charge in [0.05, 0.1) is 5.60 Å². The Morgan fingerprint density at radius 2 is 1.86 bits per heavy atom. The molecule has 2 saturated carbocycles. The zero-order valence-electron chi connectivity index (χ0n) is 20.3. The first-order valence-electron chi connectivity index (χ1n) is 12.0. The topological polar surface area (TPSA) is 138 Å². The molecule has 0 radical (unpaired) electrons. The zero-order valence-corrected chi connectivity index (χ0v) is 20.3. The Bertz CT molecular complexity index is 914. The Labute approximate surface area is 204 Å². The van der Waals surface area contributed by atoms with Crippen molar-refractivity contribution in [3.8, 4) is 0 Å². The summed E-state index contributed by atoms with van der Waals surface area (Å²) in [6.07, 6.45) is -4.25. The van der Waals surface area contributed by atoms with Crippen molar-refractivity contribution in [3.05, 3.63) is 24.3 Å². The quantitative estimate of drug-likeness (QED) is 0.248. The molecule has 0 aromatic heterocycles. The van der Waals surface area contributed by atoms with Crippen molar-refractivity contribution in [2.45, 2.75) is 88.9 Å². The lowest BCUT2D eigenvalue weighted by molar-refractivity contribution is -0.330. The number of aliphatic hydroxyl groups is 2. The van der Waals surface area contributed by atoms with Crippen molar-refractivity contribution in [2.24, 2.45) is 17.8 Å². The van der Waals surface area contributed by atoms with E-state index in [1.54, 1.807) is 0 Å². The number of hydrogen-bond donors (Lipinski definition) is 2. The molecule has 10 heteroatoms. The number of rotatable bonds is 5. The molecular formula is C25H34O10. The highest BCUT2D eigenvalue weighted by molar-refractivity contribution is 5.90. The second kappa shape index (κ2) is 9.65. The van der Waals surface area contributed by atoms with Crippen LogP contribution in [0.4, 0.5) is 0 Å². The van der Waals surface area contributed by atoms with Crippen LogP contribution in [-0.4, -0.2) is 77.1 Å². The number of fused-ring (bicyclic) bond motifs is 2. The van der Waals surface area contributed by atoms with Gasteiger partial charge in [0.25, 0.3) is 0 Å². The van der Waals surface area contributed by atoms with Crippen LogP contribution in [0, 0.1) is 17.8 Å². The maximum absolute atomic E-state index is 12.1. The van der Waals surface area contributed by atoms with Crippen molar-refractivity contribution in [3.63, 3.8) is 0 Å². The van der Waals surface area contributed by atoms with E-state index in [1.165, 1.54) is 13.8 Å². The Morgan fingerprint density at radius 1 is 1.14 bits per heavy atom. The third kappa shape index (κ3) is 4.89. The molecule has 10 nitrogen and oxygen atoms in total. The van der Waals surface area contributed by atoms with Gasteiger partial charge in [-0.1, -0.05) is 18.7 Å². The van der Waals surface area contributed by atoms with Crippen LogP contribution in [0.3, 0.4) is 0 Å². The monoisotopic (exact) mass is 494 g/mol. The van der Waals surface area contributed by atoms with Crippen LogP contribution in [0.5, 0.6) is 0 Å². The Kier molecular flexibility index (Phi) is 7.11. The molecule has 4 aliphatic rings. The van der Waals surface area contributed by atoms with Crippen LogP contribution < -0.4 is 0 Å². The third-order valence-electron chi connectivity index (χ3n) is 7.91. The van der Waals surface area contributed by atoms with Crippen LogP contribution in [0.15, 0.2) is 24.3 Å². The first kappa shape index (κ1) is 25.8. The SMILES string of the molecule is C=C1C(=O)OC2CC(=C)C3CCC(C)(OC4OC(COC(C)=O)C(O)C(OC(C)=O)C4O)C3CC12. The van der Waals surface area contributed by atoms with Gasteiger partial charge in [-0.15, -0.1) is 0 Å². The van der Waals surface area contributed by atoms with E-state index in [9.17, 15) is 24.6 Å². The molecule has 10 atom stereocenters. The minimum atomic E-state index is -1.48. The summed E-state index contributed by atoms with van der Waals surface area (Å²) in [5.41, 5.74) is 0.657. The van der Waals surface area contributed by atoms with Crippen molar-refractivity contribution >= 4 is 17.9 Å². The number of carbonyl (C=O) groups excluding carboxylic acids is 3. The molecule has 194 valence electrons. The molecule has 0 aromatic carbocycles. The van der Waals surface area contributed by atoms with E-state index < -0.39 is 48.2 Å². The Morgan fingerprint density at radius 3 is 2.51 bits per heavy atom. The minimum Gasteiger partial charge on any atom is -0.463 e. The molecule has 4 fully saturated rings. The van der Waals surface area contributed by atoms with Crippen LogP contribution in [-0.2, 0) is 38.1 Å². The largest absolute Gasteiger partial charge is 0.463 e. The normalized spacial score (nSPS) is 43.1. The fourth-order valence-corrected chi connectivity index (χ4v) is 6.07. The average Bonchev–Trinajstić information content (AvgIpc) is 3.17. The average molecular weight is 495 g/mol. The van der Waals surface area contributed by atoms with E-state index >= 15 is 0 Å². The van der Waals surface area contributed by atoms with Gasteiger partial charge < -0.3 is 33.9 Å². The summed E-state index contributed by atoms with van der Waals surface area (Å²) >= 11 is 0. The maximum atomic E-state index is 12.1. The molecule has 2 N–H and O–H groups in total. The molecule has 0 aromatic rings. The summed E-state index contributed by atoms with van der Waals surface area (Å²) < 4.78 is 28.0. The van der Waals surface area contributed by atoms with Crippen LogP contribution in [0.25, 0.3) is 0 Å². The predicted molar refractivity (Wildman–Crippen MR) is 119 cm³/mol. The summed E-state index contributed by atoms with van der Waals surface area (Å²) in [5, 5.41) is 21.6. The predicted octanol–water partition coefficient (Wildman–Crippen LogP) is 1.18. The standard InChI is InChI=1S/C25H34O10/c1-11-8-18-16(12(2)23(30)33-18)9-17-15(11)6-7-25(17,5)35-24-21(29)22(32-14(4)27)20(28)19(34-24)10-31-13(3)26/h15-22,24,28-29H,1-2,6-10H2,3-5H3. The summed E-state index contributed by atoms with van der Waals surface area (Å²) in [6.45, 7) is 12.2. The van der Waals surface area contributed by atoms with E-state index in [0.29, 0.717) is 24.8 Å². The van der Waals surface area contributed by atoms with Gasteiger partial charge in [-0.25, -0.2) is 4.79 Å². The van der Waals surface area contributed by atoms with Gasteiger partial charge in [0.2, 0.25) is 0 Å². The van der Waals surface area contributed by atoms with Crippen molar-refractivity contribution in [1.29, 1.82) is 0 Å². The highest BCUT2D eigenvalue weighted by Crippen LogP contribution is 2.55. The number of ether oxygens (including phenoxy) is 5.